The summed E-state index contributed by atoms with van der Waals surface area (Å²) in [5.74, 6) is -0.357. The normalized spacial score (nSPS) is 24.2. The molecule has 138 valence electrons. The van der Waals surface area contributed by atoms with E-state index in [0.29, 0.717) is 10.3 Å². The lowest BCUT2D eigenvalue weighted by Gasteiger charge is -2.33. The van der Waals surface area contributed by atoms with Crippen molar-refractivity contribution >= 4 is 44.8 Å². The van der Waals surface area contributed by atoms with Crippen molar-refractivity contribution in [2.45, 2.75) is 17.6 Å². The van der Waals surface area contributed by atoms with E-state index in [1.54, 1.807) is 6.07 Å². The molecule has 2 heterocycles. The Morgan fingerprint density at radius 3 is 2.44 bits per heavy atom. The Balaban J connectivity index is 1.49. The maximum Gasteiger partial charge on any atom is 0.309 e. The highest BCUT2D eigenvalue weighted by Gasteiger charge is 2.41. The molecule has 1 saturated heterocycles. The quantitative estimate of drug-likeness (QED) is 0.691. The van der Waals surface area contributed by atoms with E-state index in [0.717, 1.165) is 17.8 Å². The van der Waals surface area contributed by atoms with E-state index >= 15 is 0 Å². The number of hydrogen-bond acceptors (Lipinski definition) is 6. The summed E-state index contributed by atoms with van der Waals surface area (Å²) in [7, 11) is -3.58. The van der Waals surface area contributed by atoms with Gasteiger partial charge in [0.25, 0.3) is 15.9 Å². The predicted molar refractivity (Wildman–Crippen MR) is 92.9 cm³/mol. The Bertz CT molecular complexity index is 771. The molecule has 2 fully saturated rings. The van der Waals surface area contributed by atoms with Crippen LogP contribution >= 0.6 is 22.9 Å². The Morgan fingerprint density at radius 1 is 1.28 bits per heavy atom. The van der Waals surface area contributed by atoms with Gasteiger partial charge in [-0.25, -0.2) is 8.42 Å². The highest BCUT2D eigenvalue weighted by molar-refractivity contribution is 7.91. The molecule has 1 aliphatic heterocycles. The van der Waals surface area contributed by atoms with Crippen LogP contribution < -0.4 is 0 Å². The number of rotatable bonds is 5. The van der Waals surface area contributed by atoms with Crippen molar-refractivity contribution in [3.8, 4) is 0 Å². The van der Waals surface area contributed by atoms with E-state index in [2.05, 4.69) is 0 Å². The minimum atomic E-state index is -3.58. The molecular weight excluding hydrogens is 388 g/mol. The van der Waals surface area contributed by atoms with E-state index in [1.165, 1.54) is 15.3 Å². The van der Waals surface area contributed by atoms with Crippen LogP contribution in [0.25, 0.3) is 0 Å². The van der Waals surface area contributed by atoms with Crippen molar-refractivity contribution in [3.05, 3.63) is 16.5 Å². The first-order valence-electron chi connectivity index (χ1n) is 7.99. The fourth-order valence-corrected chi connectivity index (χ4v) is 5.78. The van der Waals surface area contributed by atoms with Gasteiger partial charge in [-0.3, -0.25) is 9.59 Å². The lowest BCUT2D eigenvalue weighted by molar-refractivity contribution is -0.153. The molecule has 0 radical (unpaired) electrons. The van der Waals surface area contributed by atoms with Crippen molar-refractivity contribution in [2.75, 3.05) is 32.8 Å². The molecule has 2 atom stereocenters. The summed E-state index contributed by atoms with van der Waals surface area (Å²) < 4.78 is 32.0. The summed E-state index contributed by atoms with van der Waals surface area (Å²) in [5, 5.41) is 0. The van der Waals surface area contributed by atoms with Gasteiger partial charge in [-0.1, -0.05) is 18.5 Å². The van der Waals surface area contributed by atoms with E-state index in [9.17, 15) is 18.0 Å². The second-order valence-corrected chi connectivity index (χ2v) is 10.2. The van der Waals surface area contributed by atoms with Gasteiger partial charge in [0, 0.05) is 26.2 Å². The second kappa shape index (κ2) is 7.22. The Morgan fingerprint density at radius 2 is 1.92 bits per heavy atom. The number of hydrogen-bond donors (Lipinski definition) is 0. The number of carbonyl (C=O) groups excluding carboxylic acids is 2. The highest BCUT2D eigenvalue weighted by Crippen LogP contribution is 2.38. The molecule has 3 rings (SSSR count). The molecule has 0 N–H and O–H groups in total. The SMILES string of the molecule is C[C@H]1C[C@H]1C(=O)OCC(=O)N1CCN(S(=O)(=O)c2ccc(Cl)s2)CC1. The van der Waals surface area contributed by atoms with E-state index in [-0.39, 0.29) is 54.8 Å². The minimum absolute atomic E-state index is 0.0765. The van der Waals surface area contributed by atoms with Crippen LogP contribution in [-0.4, -0.2) is 62.3 Å². The van der Waals surface area contributed by atoms with Crippen molar-refractivity contribution in [3.63, 3.8) is 0 Å². The fraction of sp³-hybridized carbons (Fsp3) is 0.600. The summed E-state index contributed by atoms with van der Waals surface area (Å²) in [6, 6.07) is 3.03. The Hall–Kier alpha value is -1.16. The maximum absolute atomic E-state index is 12.5. The van der Waals surface area contributed by atoms with Crippen LogP contribution in [-0.2, 0) is 24.3 Å². The van der Waals surface area contributed by atoms with Crippen LogP contribution in [0.2, 0.25) is 4.34 Å². The minimum Gasteiger partial charge on any atom is -0.455 e. The summed E-state index contributed by atoms with van der Waals surface area (Å²) in [5.41, 5.74) is 0. The van der Waals surface area contributed by atoms with Crippen molar-refractivity contribution in [1.82, 2.24) is 9.21 Å². The maximum atomic E-state index is 12.5. The van der Waals surface area contributed by atoms with Crippen LogP contribution in [0.1, 0.15) is 13.3 Å². The number of carbonyl (C=O) groups is 2. The summed E-state index contributed by atoms with van der Waals surface area (Å²) in [4.78, 5) is 25.3. The molecule has 1 amide bonds. The third kappa shape index (κ3) is 4.16. The molecule has 1 saturated carbocycles. The summed E-state index contributed by atoms with van der Waals surface area (Å²) >= 11 is 6.82. The van der Waals surface area contributed by atoms with Crippen LogP contribution in [0.4, 0.5) is 0 Å². The molecule has 25 heavy (non-hydrogen) atoms. The number of piperazine rings is 1. The van der Waals surface area contributed by atoms with Crippen molar-refractivity contribution in [2.24, 2.45) is 11.8 Å². The molecule has 1 aromatic rings. The topological polar surface area (TPSA) is 84.0 Å². The third-order valence-electron chi connectivity index (χ3n) is 4.48. The van der Waals surface area contributed by atoms with Crippen LogP contribution in [0.15, 0.2) is 16.3 Å². The monoisotopic (exact) mass is 406 g/mol. The first-order valence-corrected chi connectivity index (χ1v) is 10.6. The Kier molecular flexibility index (Phi) is 5.38. The number of sulfonamides is 1. The van der Waals surface area contributed by atoms with Gasteiger partial charge in [0.2, 0.25) is 0 Å². The van der Waals surface area contributed by atoms with Gasteiger partial charge < -0.3 is 9.64 Å². The smallest absolute Gasteiger partial charge is 0.309 e. The van der Waals surface area contributed by atoms with Gasteiger partial charge in [-0.15, -0.1) is 11.3 Å². The molecular formula is C15H19ClN2O5S2. The first-order chi connectivity index (χ1) is 11.8. The largest absolute Gasteiger partial charge is 0.455 e. The average molecular weight is 407 g/mol. The molecule has 7 nitrogen and oxygen atoms in total. The average Bonchev–Trinajstić information content (AvgIpc) is 3.16. The van der Waals surface area contributed by atoms with Gasteiger partial charge in [-0.2, -0.15) is 4.31 Å². The number of ether oxygens (including phenoxy) is 1. The number of esters is 1. The predicted octanol–water partition coefficient (Wildman–Crippen LogP) is 1.43. The van der Waals surface area contributed by atoms with Crippen molar-refractivity contribution < 1.29 is 22.7 Å². The standard InChI is InChI=1S/C15H19ClN2O5S2/c1-10-8-11(10)15(20)23-9-13(19)17-4-6-18(7-5-17)25(21,22)14-3-2-12(16)24-14/h2-3,10-11H,4-9H2,1H3/t10-,11+/m0/s1. The van der Waals surface area contributed by atoms with Crippen LogP contribution in [0, 0.1) is 11.8 Å². The zero-order valence-electron chi connectivity index (χ0n) is 13.7. The second-order valence-electron chi connectivity index (χ2n) is 6.27. The van der Waals surface area contributed by atoms with E-state index in [1.807, 2.05) is 6.92 Å². The molecule has 0 unspecified atom stereocenters. The molecule has 1 aliphatic carbocycles. The van der Waals surface area contributed by atoms with Crippen LogP contribution in [0.5, 0.6) is 0 Å². The molecule has 1 aromatic heterocycles. The number of amides is 1. The molecule has 0 aromatic carbocycles. The molecule has 0 bridgehead atoms. The lowest BCUT2D eigenvalue weighted by Crippen LogP contribution is -2.51. The summed E-state index contributed by atoms with van der Waals surface area (Å²) in [6.45, 7) is 2.64. The number of nitrogens with zero attached hydrogens (tertiary/aromatic N) is 2. The van der Waals surface area contributed by atoms with Crippen LogP contribution in [0.3, 0.4) is 0 Å². The zero-order valence-corrected chi connectivity index (χ0v) is 16.1. The zero-order chi connectivity index (χ0) is 18.2. The van der Waals surface area contributed by atoms with Gasteiger partial charge >= 0.3 is 5.97 Å². The number of halogens is 1. The lowest BCUT2D eigenvalue weighted by atomic mass is 10.3. The molecule has 2 aliphatic rings. The van der Waals surface area contributed by atoms with Gasteiger partial charge in [-0.05, 0) is 24.5 Å². The van der Waals surface area contributed by atoms with Gasteiger partial charge in [0.1, 0.15) is 4.21 Å². The Labute approximate surface area is 155 Å². The molecule has 10 heteroatoms. The van der Waals surface area contributed by atoms with Crippen molar-refractivity contribution in [1.29, 1.82) is 0 Å². The van der Waals surface area contributed by atoms with Gasteiger partial charge in [0.15, 0.2) is 6.61 Å². The number of thiophene rings is 1. The first kappa shape index (κ1) is 18.6. The van der Waals surface area contributed by atoms with E-state index < -0.39 is 10.0 Å². The highest BCUT2D eigenvalue weighted by atomic mass is 35.5. The summed E-state index contributed by atoms with van der Waals surface area (Å²) in [6.07, 6.45) is 0.816. The fourth-order valence-electron chi connectivity index (χ4n) is 2.72. The third-order valence-corrected chi connectivity index (χ3v) is 8.08. The van der Waals surface area contributed by atoms with Gasteiger partial charge in [0.05, 0.1) is 10.3 Å². The van der Waals surface area contributed by atoms with E-state index in [4.69, 9.17) is 16.3 Å². The molecule has 0 spiro atoms.